The Bertz CT molecular complexity index is 506. The molecule has 21 heavy (non-hydrogen) atoms. The van der Waals surface area contributed by atoms with Crippen molar-refractivity contribution in [1.82, 2.24) is 10.2 Å². The van der Waals surface area contributed by atoms with Crippen LogP contribution in [0.5, 0.6) is 0 Å². The van der Waals surface area contributed by atoms with Gasteiger partial charge in [-0.2, -0.15) is 5.26 Å². The predicted octanol–water partition coefficient (Wildman–Crippen LogP) is 2.55. The molecule has 1 atom stereocenters. The molecule has 1 unspecified atom stereocenters. The summed E-state index contributed by atoms with van der Waals surface area (Å²) in [6.45, 7) is 1.74. The monoisotopic (exact) mass is 286 g/mol. The minimum Gasteiger partial charge on any atom is -0.322 e. The van der Waals surface area contributed by atoms with E-state index >= 15 is 0 Å². The number of urea groups is 1. The maximum Gasteiger partial charge on any atom is 0.322 e. The first-order valence-electron chi connectivity index (χ1n) is 7.47. The van der Waals surface area contributed by atoms with E-state index in [1.54, 1.807) is 24.3 Å². The number of carbonyl (C=O) groups excluding carboxylic acids is 1. The Balaban J connectivity index is 1.97. The van der Waals surface area contributed by atoms with E-state index in [1.807, 2.05) is 11.9 Å². The second kappa shape index (κ2) is 7.65. The molecule has 0 aromatic heterocycles. The van der Waals surface area contributed by atoms with Gasteiger partial charge < -0.3 is 15.5 Å². The molecule has 0 radical (unpaired) electrons. The normalized spacial score (nSPS) is 18.1. The van der Waals surface area contributed by atoms with E-state index in [0.717, 1.165) is 38.0 Å². The molecule has 0 spiro atoms. The second-order valence-electron chi connectivity index (χ2n) is 5.35. The SMILES string of the molecule is CNCCC1CCCCN1C(=O)Nc1ccc(C#N)cc1. The molecular formula is C16H22N4O. The summed E-state index contributed by atoms with van der Waals surface area (Å²) >= 11 is 0. The van der Waals surface area contributed by atoms with E-state index in [1.165, 1.54) is 6.42 Å². The molecule has 1 aromatic carbocycles. The van der Waals surface area contributed by atoms with Crippen LogP contribution in [0, 0.1) is 11.3 Å². The van der Waals surface area contributed by atoms with Crippen LogP contribution in [0.1, 0.15) is 31.2 Å². The summed E-state index contributed by atoms with van der Waals surface area (Å²) in [5, 5.41) is 14.9. The fourth-order valence-electron chi connectivity index (χ4n) is 2.70. The molecule has 112 valence electrons. The van der Waals surface area contributed by atoms with Gasteiger partial charge in [0.1, 0.15) is 0 Å². The molecule has 1 fully saturated rings. The van der Waals surface area contributed by atoms with Gasteiger partial charge in [-0.1, -0.05) is 0 Å². The van der Waals surface area contributed by atoms with Crippen LogP contribution in [0.4, 0.5) is 10.5 Å². The lowest BCUT2D eigenvalue weighted by Gasteiger charge is -2.35. The van der Waals surface area contributed by atoms with Crippen LogP contribution in [0.25, 0.3) is 0 Å². The van der Waals surface area contributed by atoms with Crippen LogP contribution in [-0.2, 0) is 0 Å². The average Bonchev–Trinajstić information content (AvgIpc) is 2.54. The van der Waals surface area contributed by atoms with Crippen LogP contribution in [0.3, 0.4) is 0 Å². The first kappa shape index (κ1) is 15.3. The summed E-state index contributed by atoms with van der Waals surface area (Å²) in [7, 11) is 1.93. The third-order valence-corrected chi connectivity index (χ3v) is 3.88. The summed E-state index contributed by atoms with van der Waals surface area (Å²) in [6, 6.07) is 9.30. The van der Waals surface area contributed by atoms with Crippen molar-refractivity contribution in [2.45, 2.75) is 31.7 Å². The maximum atomic E-state index is 12.4. The van der Waals surface area contributed by atoms with Gasteiger partial charge in [-0.3, -0.25) is 0 Å². The highest BCUT2D eigenvalue weighted by molar-refractivity contribution is 5.89. The number of likely N-dealkylation sites (tertiary alicyclic amines) is 1. The van der Waals surface area contributed by atoms with E-state index in [4.69, 9.17) is 5.26 Å². The molecule has 2 rings (SSSR count). The van der Waals surface area contributed by atoms with E-state index in [2.05, 4.69) is 16.7 Å². The van der Waals surface area contributed by atoms with Crippen molar-refractivity contribution in [3.8, 4) is 6.07 Å². The number of carbonyl (C=O) groups is 1. The number of nitriles is 1. The van der Waals surface area contributed by atoms with Crippen molar-refractivity contribution in [1.29, 1.82) is 5.26 Å². The number of nitrogens with zero attached hydrogens (tertiary/aromatic N) is 2. The predicted molar refractivity (Wildman–Crippen MR) is 83.1 cm³/mol. The zero-order valence-electron chi connectivity index (χ0n) is 12.4. The van der Waals surface area contributed by atoms with Crippen LogP contribution in [0.2, 0.25) is 0 Å². The van der Waals surface area contributed by atoms with Gasteiger partial charge in [0, 0.05) is 18.3 Å². The van der Waals surface area contributed by atoms with Crippen molar-refractivity contribution in [3.63, 3.8) is 0 Å². The lowest BCUT2D eigenvalue weighted by Crippen LogP contribution is -2.46. The fourth-order valence-corrected chi connectivity index (χ4v) is 2.70. The quantitative estimate of drug-likeness (QED) is 0.893. The van der Waals surface area contributed by atoms with Crippen LogP contribution >= 0.6 is 0 Å². The highest BCUT2D eigenvalue weighted by Crippen LogP contribution is 2.21. The Kier molecular flexibility index (Phi) is 5.59. The van der Waals surface area contributed by atoms with Crippen molar-refractivity contribution in [3.05, 3.63) is 29.8 Å². The van der Waals surface area contributed by atoms with Gasteiger partial charge in [-0.25, -0.2) is 4.79 Å². The highest BCUT2D eigenvalue weighted by Gasteiger charge is 2.26. The Hall–Kier alpha value is -2.06. The molecular weight excluding hydrogens is 264 g/mol. The molecule has 2 N–H and O–H groups in total. The Morgan fingerprint density at radius 2 is 2.14 bits per heavy atom. The molecule has 0 saturated carbocycles. The van der Waals surface area contributed by atoms with E-state index in [9.17, 15) is 4.79 Å². The second-order valence-corrected chi connectivity index (χ2v) is 5.35. The summed E-state index contributed by atoms with van der Waals surface area (Å²) in [4.78, 5) is 14.4. The molecule has 1 heterocycles. The summed E-state index contributed by atoms with van der Waals surface area (Å²) in [5.41, 5.74) is 1.33. The number of amides is 2. The summed E-state index contributed by atoms with van der Waals surface area (Å²) < 4.78 is 0. The number of rotatable bonds is 4. The van der Waals surface area contributed by atoms with Crippen molar-refractivity contribution >= 4 is 11.7 Å². The minimum atomic E-state index is -0.0412. The lowest BCUT2D eigenvalue weighted by molar-refractivity contribution is 0.158. The number of hydrogen-bond acceptors (Lipinski definition) is 3. The van der Waals surface area contributed by atoms with Crippen LogP contribution < -0.4 is 10.6 Å². The Morgan fingerprint density at radius 1 is 1.38 bits per heavy atom. The third-order valence-electron chi connectivity index (χ3n) is 3.88. The van der Waals surface area contributed by atoms with Gasteiger partial charge in [-0.15, -0.1) is 0 Å². The molecule has 5 heteroatoms. The number of nitrogens with one attached hydrogen (secondary N) is 2. The molecule has 0 aliphatic carbocycles. The first-order chi connectivity index (χ1) is 10.2. The molecule has 1 aliphatic rings. The van der Waals surface area contributed by atoms with Crippen LogP contribution in [-0.4, -0.2) is 37.1 Å². The highest BCUT2D eigenvalue weighted by atomic mass is 16.2. The van der Waals surface area contributed by atoms with Gasteiger partial charge in [0.15, 0.2) is 0 Å². The standard InChI is InChI=1S/C16H22N4O/c1-18-10-9-15-4-2-3-11-20(15)16(21)19-14-7-5-13(12-17)6-8-14/h5-8,15,18H,2-4,9-11H2,1H3,(H,19,21). The first-order valence-corrected chi connectivity index (χ1v) is 7.47. The van der Waals surface area contributed by atoms with Crippen molar-refractivity contribution in [2.24, 2.45) is 0 Å². The molecule has 1 aromatic rings. The zero-order chi connectivity index (χ0) is 15.1. The fraction of sp³-hybridized carbons (Fsp3) is 0.500. The van der Waals surface area contributed by atoms with Gasteiger partial charge in [0.25, 0.3) is 0 Å². The van der Waals surface area contributed by atoms with Gasteiger partial charge in [0.05, 0.1) is 11.6 Å². The van der Waals surface area contributed by atoms with Gasteiger partial charge in [-0.05, 0) is 63.5 Å². The minimum absolute atomic E-state index is 0.0412. The number of hydrogen-bond donors (Lipinski definition) is 2. The van der Waals surface area contributed by atoms with E-state index < -0.39 is 0 Å². The summed E-state index contributed by atoms with van der Waals surface area (Å²) in [6.07, 6.45) is 4.31. The van der Waals surface area contributed by atoms with Gasteiger partial charge >= 0.3 is 6.03 Å². The molecule has 1 saturated heterocycles. The van der Waals surface area contributed by atoms with Crippen LogP contribution in [0.15, 0.2) is 24.3 Å². The third kappa shape index (κ3) is 4.20. The molecule has 0 bridgehead atoms. The topological polar surface area (TPSA) is 68.2 Å². The van der Waals surface area contributed by atoms with Gasteiger partial charge in [0.2, 0.25) is 0 Å². The summed E-state index contributed by atoms with van der Waals surface area (Å²) in [5.74, 6) is 0. The molecule has 2 amide bonds. The smallest absolute Gasteiger partial charge is 0.322 e. The number of piperidine rings is 1. The zero-order valence-corrected chi connectivity index (χ0v) is 12.4. The average molecular weight is 286 g/mol. The molecule has 5 nitrogen and oxygen atoms in total. The van der Waals surface area contributed by atoms with Crippen molar-refractivity contribution in [2.75, 3.05) is 25.5 Å². The lowest BCUT2D eigenvalue weighted by atomic mass is 10.00. The Morgan fingerprint density at radius 3 is 2.81 bits per heavy atom. The largest absolute Gasteiger partial charge is 0.322 e. The maximum absolute atomic E-state index is 12.4. The number of benzene rings is 1. The van der Waals surface area contributed by atoms with E-state index in [-0.39, 0.29) is 6.03 Å². The molecule has 1 aliphatic heterocycles. The van der Waals surface area contributed by atoms with Crippen molar-refractivity contribution < 1.29 is 4.79 Å². The number of anilines is 1. The Labute approximate surface area is 125 Å². The van der Waals surface area contributed by atoms with E-state index in [0.29, 0.717) is 11.6 Å².